The summed E-state index contributed by atoms with van der Waals surface area (Å²) in [6, 6.07) is 16.4. The van der Waals surface area contributed by atoms with Crippen molar-refractivity contribution >= 4 is 44.1 Å². The smallest absolute Gasteiger partial charge is 0.301 e. The molecule has 0 bridgehead atoms. The monoisotopic (exact) mass is 588 g/mol. The highest BCUT2D eigenvalue weighted by molar-refractivity contribution is 7.22. The van der Waals surface area contributed by atoms with Gasteiger partial charge in [-0.2, -0.15) is 0 Å². The van der Waals surface area contributed by atoms with Crippen molar-refractivity contribution in [1.82, 2.24) is 4.98 Å². The third-order valence-electron chi connectivity index (χ3n) is 7.09. The van der Waals surface area contributed by atoms with Gasteiger partial charge in [0.15, 0.2) is 16.6 Å². The fraction of sp³-hybridized carbons (Fsp3) is 0.281. The van der Waals surface area contributed by atoms with Crippen LogP contribution < -0.4 is 23.8 Å². The Morgan fingerprint density at radius 2 is 1.71 bits per heavy atom. The Balaban J connectivity index is 1.66. The molecule has 0 saturated carbocycles. The second-order valence-corrected chi connectivity index (χ2v) is 10.7. The number of rotatable bonds is 11. The highest BCUT2D eigenvalue weighted by Crippen LogP contribution is 2.46. The van der Waals surface area contributed by atoms with E-state index >= 15 is 0 Å². The maximum absolute atomic E-state index is 13.7. The number of aromatic nitrogens is 1. The summed E-state index contributed by atoms with van der Waals surface area (Å²) in [4.78, 5) is 33.3. The van der Waals surface area contributed by atoms with Crippen LogP contribution in [0.1, 0.15) is 43.4 Å². The van der Waals surface area contributed by atoms with Crippen LogP contribution in [0.2, 0.25) is 0 Å². The van der Waals surface area contributed by atoms with E-state index in [0.717, 1.165) is 24.0 Å². The van der Waals surface area contributed by atoms with E-state index in [1.807, 2.05) is 6.07 Å². The van der Waals surface area contributed by atoms with E-state index < -0.39 is 17.7 Å². The molecule has 0 radical (unpaired) electrons. The number of fused-ring (bicyclic) bond motifs is 1. The van der Waals surface area contributed by atoms with Crippen molar-refractivity contribution < 1.29 is 33.6 Å². The number of hydrogen-bond acceptors (Lipinski definition) is 9. The Labute approximate surface area is 247 Å². The number of methoxy groups -OCH3 is 3. The minimum Gasteiger partial charge on any atom is -0.507 e. The zero-order valence-corrected chi connectivity index (χ0v) is 24.7. The molecule has 2 heterocycles. The number of aliphatic hydroxyl groups is 1. The molecule has 0 aliphatic carbocycles. The van der Waals surface area contributed by atoms with E-state index in [4.69, 9.17) is 18.9 Å². The lowest BCUT2D eigenvalue weighted by atomic mass is 9.95. The fourth-order valence-corrected chi connectivity index (χ4v) is 5.92. The summed E-state index contributed by atoms with van der Waals surface area (Å²) >= 11 is 1.25. The predicted octanol–water partition coefficient (Wildman–Crippen LogP) is 6.52. The summed E-state index contributed by atoms with van der Waals surface area (Å²) in [7, 11) is 4.62. The molecule has 42 heavy (non-hydrogen) atoms. The first kappa shape index (κ1) is 28.9. The number of thiazole rings is 1. The Hall–Kier alpha value is -4.57. The van der Waals surface area contributed by atoms with Crippen molar-refractivity contribution in [3.8, 4) is 23.0 Å². The van der Waals surface area contributed by atoms with Crippen LogP contribution in [0.3, 0.4) is 0 Å². The molecule has 1 aromatic heterocycles. The van der Waals surface area contributed by atoms with Crippen molar-refractivity contribution in [2.45, 2.75) is 32.2 Å². The van der Waals surface area contributed by atoms with Crippen LogP contribution in [0, 0.1) is 0 Å². The highest BCUT2D eigenvalue weighted by Gasteiger charge is 2.48. The summed E-state index contributed by atoms with van der Waals surface area (Å²) in [5, 5.41) is 11.8. The third kappa shape index (κ3) is 5.49. The van der Waals surface area contributed by atoms with Gasteiger partial charge in [0, 0.05) is 5.56 Å². The van der Waals surface area contributed by atoms with Gasteiger partial charge in [0.25, 0.3) is 5.78 Å². The molecule has 1 saturated heterocycles. The van der Waals surface area contributed by atoms with Gasteiger partial charge in [-0.05, 0) is 54.4 Å². The molecule has 0 spiro atoms. The number of anilines is 1. The molecule has 9 nitrogen and oxygen atoms in total. The van der Waals surface area contributed by atoms with E-state index in [9.17, 15) is 14.7 Å². The Bertz CT molecular complexity index is 1660. The second-order valence-electron chi connectivity index (χ2n) is 9.70. The molecule has 1 N–H and O–H groups in total. The van der Waals surface area contributed by atoms with Crippen LogP contribution in [0.15, 0.2) is 66.2 Å². The number of unbranched alkanes of at least 4 members (excludes halogenated alkanes) is 2. The zero-order chi connectivity index (χ0) is 29.8. The van der Waals surface area contributed by atoms with E-state index in [2.05, 4.69) is 11.9 Å². The fourth-order valence-electron chi connectivity index (χ4n) is 4.90. The van der Waals surface area contributed by atoms with Crippen LogP contribution in [0.5, 0.6) is 23.0 Å². The van der Waals surface area contributed by atoms with E-state index in [1.54, 1.807) is 61.7 Å². The van der Waals surface area contributed by atoms with Gasteiger partial charge in [-0.25, -0.2) is 4.98 Å². The average molecular weight is 589 g/mol. The van der Waals surface area contributed by atoms with Crippen LogP contribution in [0.4, 0.5) is 5.13 Å². The number of Topliss-reactive ketones (excluding diaryl/α,β-unsaturated/α-hetero) is 1. The highest BCUT2D eigenvalue weighted by atomic mass is 32.1. The van der Waals surface area contributed by atoms with Crippen LogP contribution in [-0.2, 0) is 9.59 Å². The van der Waals surface area contributed by atoms with Crippen molar-refractivity contribution in [3.05, 3.63) is 77.4 Å². The SMILES string of the molecule is CCCCCOc1ccc(C2C(=C(O)c3cccc(OC)c3)C(=O)C(=O)N2c2nc3ccc(OC)cc3s2)cc1OC. The molecule has 1 unspecified atom stereocenters. The molecule has 1 aliphatic heterocycles. The molecule has 218 valence electrons. The van der Waals surface area contributed by atoms with Gasteiger partial charge in [-0.1, -0.05) is 49.3 Å². The Kier molecular flexibility index (Phi) is 8.63. The van der Waals surface area contributed by atoms with Gasteiger partial charge in [-0.15, -0.1) is 0 Å². The number of hydrogen-bond donors (Lipinski definition) is 1. The van der Waals surface area contributed by atoms with Crippen molar-refractivity contribution in [1.29, 1.82) is 0 Å². The number of ether oxygens (including phenoxy) is 4. The average Bonchev–Trinajstić information content (AvgIpc) is 3.56. The lowest BCUT2D eigenvalue weighted by Crippen LogP contribution is -2.29. The Morgan fingerprint density at radius 3 is 2.45 bits per heavy atom. The van der Waals surface area contributed by atoms with Gasteiger partial charge in [0.2, 0.25) is 0 Å². The number of benzene rings is 3. The Morgan fingerprint density at radius 1 is 0.929 bits per heavy atom. The van der Waals surface area contributed by atoms with E-state index in [0.29, 0.717) is 51.4 Å². The number of ketones is 1. The first-order valence-corrected chi connectivity index (χ1v) is 14.4. The zero-order valence-electron chi connectivity index (χ0n) is 23.9. The quantitative estimate of drug-likeness (QED) is 0.0914. The van der Waals surface area contributed by atoms with Gasteiger partial charge < -0.3 is 24.1 Å². The summed E-state index contributed by atoms with van der Waals surface area (Å²) in [6.45, 7) is 2.66. The molecule has 5 rings (SSSR count). The van der Waals surface area contributed by atoms with Gasteiger partial charge >= 0.3 is 5.91 Å². The molecule has 1 amide bonds. The summed E-state index contributed by atoms with van der Waals surface area (Å²) < 4.78 is 23.1. The topological polar surface area (TPSA) is 107 Å². The molecule has 1 atom stereocenters. The molecular weight excluding hydrogens is 556 g/mol. The van der Waals surface area contributed by atoms with Crippen molar-refractivity contribution in [2.24, 2.45) is 0 Å². The van der Waals surface area contributed by atoms with Gasteiger partial charge in [0.1, 0.15) is 17.3 Å². The van der Waals surface area contributed by atoms with Crippen molar-refractivity contribution in [3.63, 3.8) is 0 Å². The third-order valence-corrected chi connectivity index (χ3v) is 8.10. The molecule has 1 fully saturated rings. The number of amides is 1. The lowest BCUT2D eigenvalue weighted by molar-refractivity contribution is -0.132. The number of aliphatic hydroxyl groups excluding tert-OH is 1. The predicted molar refractivity (Wildman–Crippen MR) is 162 cm³/mol. The van der Waals surface area contributed by atoms with Gasteiger partial charge in [0.05, 0.1) is 49.8 Å². The molecule has 4 aromatic rings. The lowest BCUT2D eigenvalue weighted by Gasteiger charge is -2.24. The summed E-state index contributed by atoms with van der Waals surface area (Å²) in [6.07, 6.45) is 3.03. The normalized spacial score (nSPS) is 16.2. The first-order chi connectivity index (χ1) is 20.4. The summed E-state index contributed by atoms with van der Waals surface area (Å²) in [5.41, 5.74) is 1.48. The number of carbonyl (C=O) groups excluding carboxylic acids is 2. The molecule has 3 aromatic carbocycles. The molecule has 1 aliphatic rings. The van der Waals surface area contributed by atoms with Crippen LogP contribution >= 0.6 is 11.3 Å². The molecular formula is C32H32N2O7S. The number of nitrogens with zero attached hydrogens (tertiary/aromatic N) is 2. The second kappa shape index (κ2) is 12.5. The van der Waals surface area contributed by atoms with E-state index in [-0.39, 0.29) is 11.3 Å². The standard InChI is InChI=1S/C32H32N2O7S/c1-5-6-7-15-41-24-14-11-19(17-25(24)40-4)28-27(29(35)20-9-8-10-21(16-20)38-2)30(36)31(37)34(28)32-33-23-13-12-22(39-3)18-26(23)42-32/h8-14,16-18,28,35H,5-7,15H2,1-4H3. The van der Waals surface area contributed by atoms with E-state index in [1.165, 1.54) is 30.5 Å². The minimum absolute atomic E-state index is 0.0660. The maximum atomic E-state index is 13.7. The van der Waals surface area contributed by atoms with Gasteiger partial charge in [-0.3, -0.25) is 14.5 Å². The first-order valence-electron chi connectivity index (χ1n) is 13.6. The maximum Gasteiger partial charge on any atom is 0.301 e. The number of carbonyl (C=O) groups is 2. The minimum atomic E-state index is -0.985. The van der Waals surface area contributed by atoms with Crippen LogP contribution in [-0.4, -0.2) is 49.7 Å². The van der Waals surface area contributed by atoms with Crippen LogP contribution in [0.25, 0.3) is 16.0 Å². The summed E-state index contributed by atoms with van der Waals surface area (Å²) in [5.74, 6) is 0.204. The molecule has 10 heteroatoms. The largest absolute Gasteiger partial charge is 0.507 e. The van der Waals surface area contributed by atoms with Crippen molar-refractivity contribution in [2.75, 3.05) is 32.8 Å².